The molecule has 4 rings (SSSR count). The molecule has 0 bridgehead atoms. The fourth-order valence-electron chi connectivity index (χ4n) is 5.33. The maximum Gasteiger partial charge on any atom is 0.255 e. The van der Waals surface area contributed by atoms with Crippen LogP contribution in [0, 0.1) is 11.8 Å². The summed E-state index contributed by atoms with van der Waals surface area (Å²) in [6.07, 6.45) is -1.75. The minimum Gasteiger partial charge on any atom is -0.508 e. The Bertz CT molecular complexity index is 1230. The highest BCUT2D eigenvalue weighted by Gasteiger charge is 2.68. The van der Waals surface area contributed by atoms with Gasteiger partial charge in [-0.15, -0.1) is 0 Å². The van der Waals surface area contributed by atoms with Crippen molar-refractivity contribution in [3.8, 4) is 5.75 Å². The first-order chi connectivity index (χ1) is 15.3. The zero-order chi connectivity index (χ0) is 24.7. The number of aliphatic hydroxyl groups excluding tert-OH is 3. The molecule has 1 aromatic rings. The van der Waals surface area contributed by atoms with E-state index in [1.165, 1.54) is 31.1 Å². The number of fused-ring (bicyclic) bond motifs is 3. The molecule has 3 aliphatic rings. The Morgan fingerprint density at radius 3 is 2.30 bits per heavy atom. The number of primary amides is 1. The average Bonchev–Trinajstić information content (AvgIpc) is 2.72. The van der Waals surface area contributed by atoms with Crippen molar-refractivity contribution >= 4 is 34.5 Å². The standard InChI is InChI=1S/C22H23N3O8/c1-6-9-7(23)4-5-8(26)11(9)16(27)12-10(6)17(28)14-15(25(2)3)18(29)13(21(24)32)20(31)22(14,33)19(12)30/h4-5,10,14-15,17,26-28,31,33H,1,23H2,2-3H3,(H2,24,32)/t10-,14-,15+,17+,22+/m1/s1. The van der Waals surface area contributed by atoms with Gasteiger partial charge in [-0.05, 0) is 31.8 Å². The van der Waals surface area contributed by atoms with Gasteiger partial charge in [0.05, 0.1) is 29.2 Å². The highest BCUT2D eigenvalue weighted by molar-refractivity contribution is 6.25. The number of carbonyl (C=O) groups is 3. The number of phenolic OH excluding ortho intramolecular Hbond substituents is 1. The molecule has 1 saturated carbocycles. The summed E-state index contributed by atoms with van der Waals surface area (Å²) in [5.41, 5.74) is 6.78. The molecular formula is C22H23N3O8. The monoisotopic (exact) mass is 457 g/mol. The predicted octanol–water partition coefficient (Wildman–Crippen LogP) is -1.01. The van der Waals surface area contributed by atoms with Crippen molar-refractivity contribution in [3.63, 3.8) is 0 Å². The molecule has 0 saturated heterocycles. The smallest absolute Gasteiger partial charge is 0.255 e. The number of rotatable bonds is 2. The molecule has 11 nitrogen and oxygen atoms in total. The number of phenols is 1. The number of hydrogen-bond donors (Lipinski definition) is 7. The Kier molecular flexibility index (Phi) is 4.72. The number of Topliss-reactive ketones (excluding diaryl/α,β-unsaturated/α-hetero) is 2. The molecule has 3 aliphatic carbocycles. The molecule has 1 fully saturated rings. The van der Waals surface area contributed by atoms with E-state index in [0.717, 1.165) is 0 Å². The predicted molar refractivity (Wildman–Crippen MR) is 115 cm³/mol. The van der Waals surface area contributed by atoms with E-state index in [1.807, 2.05) is 0 Å². The number of nitrogens with zero attached hydrogens (tertiary/aromatic N) is 1. The fourth-order valence-corrected chi connectivity index (χ4v) is 5.33. The quantitative estimate of drug-likeness (QED) is 0.163. The maximum atomic E-state index is 13.7. The average molecular weight is 457 g/mol. The molecule has 11 heteroatoms. The van der Waals surface area contributed by atoms with Crippen LogP contribution in [-0.4, -0.2) is 79.7 Å². The Morgan fingerprint density at radius 1 is 1.15 bits per heavy atom. The van der Waals surface area contributed by atoms with Crippen LogP contribution >= 0.6 is 0 Å². The molecule has 9 N–H and O–H groups in total. The number of benzene rings is 1. The molecule has 0 heterocycles. The molecule has 33 heavy (non-hydrogen) atoms. The van der Waals surface area contributed by atoms with Crippen LogP contribution in [0.4, 0.5) is 5.69 Å². The van der Waals surface area contributed by atoms with Crippen molar-refractivity contribution in [1.29, 1.82) is 0 Å². The topological polar surface area (TPSA) is 208 Å². The molecule has 0 radical (unpaired) electrons. The van der Waals surface area contributed by atoms with Crippen molar-refractivity contribution in [1.82, 2.24) is 4.90 Å². The number of aliphatic hydroxyl groups is 4. The van der Waals surface area contributed by atoms with Crippen LogP contribution in [0.15, 0.2) is 35.6 Å². The summed E-state index contributed by atoms with van der Waals surface area (Å²) in [6, 6.07) is 1.10. The van der Waals surface area contributed by atoms with E-state index >= 15 is 0 Å². The lowest BCUT2D eigenvalue weighted by Gasteiger charge is -2.53. The SMILES string of the molecule is C=C1c2c(N)ccc(O)c2C(O)=C2C(=O)[C@]3(O)C(O)=C(C(N)=O)C(=O)[C@@H](N(C)C)[C@@H]3[C@@H](O)[C@H]12. The van der Waals surface area contributed by atoms with E-state index in [-0.39, 0.29) is 22.4 Å². The second-order valence-corrected chi connectivity index (χ2v) is 8.66. The van der Waals surface area contributed by atoms with Crippen LogP contribution in [0.3, 0.4) is 0 Å². The van der Waals surface area contributed by atoms with Crippen molar-refractivity contribution in [2.75, 3.05) is 19.8 Å². The number of nitrogen functional groups attached to an aromatic ring is 1. The zero-order valence-corrected chi connectivity index (χ0v) is 17.7. The van der Waals surface area contributed by atoms with E-state index in [9.17, 15) is 39.9 Å². The zero-order valence-electron chi connectivity index (χ0n) is 17.7. The summed E-state index contributed by atoms with van der Waals surface area (Å²) in [5.74, 6) is -9.15. The third kappa shape index (κ3) is 2.58. The molecule has 0 aromatic heterocycles. The number of anilines is 1. The van der Waals surface area contributed by atoms with Crippen LogP contribution in [0.1, 0.15) is 11.1 Å². The first-order valence-electron chi connectivity index (χ1n) is 9.91. The van der Waals surface area contributed by atoms with E-state index in [4.69, 9.17) is 11.5 Å². The largest absolute Gasteiger partial charge is 0.508 e. The Hall–Kier alpha value is -3.67. The minimum atomic E-state index is -2.97. The second kappa shape index (κ2) is 6.91. The number of aromatic hydroxyl groups is 1. The van der Waals surface area contributed by atoms with Crippen molar-refractivity contribution in [2.45, 2.75) is 17.7 Å². The molecule has 1 amide bonds. The van der Waals surface area contributed by atoms with Gasteiger partial charge in [0, 0.05) is 17.2 Å². The van der Waals surface area contributed by atoms with Gasteiger partial charge in [-0.3, -0.25) is 19.3 Å². The maximum absolute atomic E-state index is 13.7. The number of ketones is 2. The summed E-state index contributed by atoms with van der Waals surface area (Å²) >= 11 is 0. The van der Waals surface area contributed by atoms with Gasteiger partial charge in [-0.1, -0.05) is 6.58 Å². The second-order valence-electron chi connectivity index (χ2n) is 8.66. The molecule has 0 spiro atoms. The fraction of sp³-hybridized carbons (Fsp3) is 0.318. The highest BCUT2D eigenvalue weighted by atomic mass is 16.4. The minimum absolute atomic E-state index is 0.0585. The van der Waals surface area contributed by atoms with E-state index in [0.29, 0.717) is 0 Å². The number of carbonyl (C=O) groups excluding carboxylic acids is 3. The first-order valence-corrected chi connectivity index (χ1v) is 9.91. The normalized spacial score (nSPS) is 31.5. The van der Waals surface area contributed by atoms with Crippen molar-refractivity contribution in [3.05, 3.63) is 46.7 Å². The molecule has 174 valence electrons. The molecular weight excluding hydrogens is 434 g/mol. The molecule has 1 aromatic carbocycles. The van der Waals surface area contributed by atoms with Gasteiger partial charge < -0.3 is 37.0 Å². The molecule has 0 aliphatic heterocycles. The van der Waals surface area contributed by atoms with E-state index in [2.05, 4.69) is 6.58 Å². The van der Waals surface area contributed by atoms with Crippen molar-refractivity contribution in [2.24, 2.45) is 17.6 Å². The Morgan fingerprint density at radius 2 is 1.76 bits per heavy atom. The highest BCUT2D eigenvalue weighted by Crippen LogP contribution is 2.56. The van der Waals surface area contributed by atoms with Crippen LogP contribution < -0.4 is 11.5 Å². The van der Waals surface area contributed by atoms with Crippen molar-refractivity contribution < 1.29 is 39.9 Å². The first kappa shape index (κ1) is 22.5. The number of nitrogens with two attached hydrogens (primary N) is 2. The lowest BCUT2D eigenvalue weighted by Crippen LogP contribution is -2.70. The van der Waals surface area contributed by atoms with Gasteiger partial charge >= 0.3 is 0 Å². The van der Waals surface area contributed by atoms with Crippen LogP contribution in [-0.2, 0) is 14.4 Å². The van der Waals surface area contributed by atoms with Gasteiger partial charge in [-0.25, -0.2) is 0 Å². The number of amides is 1. The number of hydrogen-bond acceptors (Lipinski definition) is 10. The Balaban J connectivity index is 2.10. The molecule has 5 atom stereocenters. The molecule has 0 unspecified atom stereocenters. The van der Waals surface area contributed by atoms with E-state index in [1.54, 1.807) is 0 Å². The van der Waals surface area contributed by atoms with Gasteiger partial charge in [0.15, 0.2) is 11.4 Å². The lowest BCUT2D eigenvalue weighted by atomic mass is 9.55. The van der Waals surface area contributed by atoms with Crippen LogP contribution in [0.2, 0.25) is 0 Å². The van der Waals surface area contributed by atoms with E-state index < -0.39 is 75.5 Å². The van der Waals surface area contributed by atoms with Gasteiger partial charge in [0.25, 0.3) is 5.91 Å². The van der Waals surface area contributed by atoms with Gasteiger partial charge in [-0.2, -0.15) is 0 Å². The number of likely N-dealkylation sites (N-methyl/N-ethyl adjacent to an activating group) is 1. The summed E-state index contributed by atoms with van der Waals surface area (Å²) in [5, 5.41) is 54.9. The van der Waals surface area contributed by atoms with Crippen LogP contribution in [0.25, 0.3) is 11.3 Å². The summed E-state index contributed by atoms with van der Waals surface area (Å²) in [6.45, 7) is 3.90. The third-order valence-electron chi connectivity index (χ3n) is 6.75. The van der Waals surface area contributed by atoms with Crippen LogP contribution in [0.5, 0.6) is 5.75 Å². The summed E-state index contributed by atoms with van der Waals surface area (Å²) in [4.78, 5) is 39.9. The van der Waals surface area contributed by atoms with Gasteiger partial charge in [0.1, 0.15) is 22.8 Å². The van der Waals surface area contributed by atoms with Gasteiger partial charge in [0.2, 0.25) is 5.78 Å². The summed E-state index contributed by atoms with van der Waals surface area (Å²) < 4.78 is 0. The third-order valence-corrected chi connectivity index (χ3v) is 6.75. The summed E-state index contributed by atoms with van der Waals surface area (Å²) in [7, 11) is 2.84. The lowest BCUT2D eigenvalue weighted by molar-refractivity contribution is -0.166. The Labute approximate surface area is 187 Å².